The van der Waals surface area contributed by atoms with E-state index < -0.39 is 6.10 Å². The summed E-state index contributed by atoms with van der Waals surface area (Å²) in [5, 5.41) is 19.7. The van der Waals surface area contributed by atoms with E-state index in [4.69, 9.17) is 9.47 Å². The predicted molar refractivity (Wildman–Crippen MR) is 75.1 cm³/mol. The minimum absolute atomic E-state index is 0.0271. The zero-order valence-electron chi connectivity index (χ0n) is 11.4. The number of benzene rings is 2. The number of Topliss-reactive ketones (excluding diaryl/α,β-unsaturated/α-hetero) is 1. The van der Waals surface area contributed by atoms with E-state index >= 15 is 0 Å². The second-order valence-electron chi connectivity index (χ2n) is 4.80. The molecule has 0 radical (unpaired) electrons. The van der Waals surface area contributed by atoms with Crippen molar-refractivity contribution in [3.63, 3.8) is 0 Å². The topological polar surface area (TPSA) is 76.0 Å². The summed E-state index contributed by atoms with van der Waals surface area (Å²) in [7, 11) is 1.35. The van der Waals surface area contributed by atoms with Crippen LogP contribution in [-0.4, -0.2) is 23.1 Å². The van der Waals surface area contributed by atoms with Gasteiger partial charge in [-0.05, 0) is 5.56 Å². The van der Waals surface area contributed by atoms with Gasteiger partial charge in [0, 0.05) is 6.07 Å². The summed E-state index contributed by atoms with van der Waals surface area (Å²) in [6.45, 7) is 0. The van der Waals surface area contributed by atoms with Crippen molar-refractivity contribution in [2.24, 2.45) is 0 Å². The fourth-order valence-electron chi connectivity index (χ4n) is 2.51. The lowest BCUT2D eigenvalue weighted by Crippen LogP contribution is -2.21. The molecule has 0 amide bonds. The smallest absolute Gasteiger partial charge is 0.176 e. The van der Waals surface area contributed by atoms with E-state index in [0.29, 0.717) is 0 Å². The second kappa shape index (κ2) is 5.01. The first-order chi connectivity index (χ1) is 10.1. The number of methoxy groups -OCH3 is 1. The van der Waals surface area contributed by atoms with Gasteiger partial charge in [0.15, 0.2) is 28.8 Å². The van der Waals surface area contributed by atoms with Crippen molar-refractivity contribution in [3.8, 4) is 23.0 Å². The van der Waals surface area contributed by atoms with Crippen LogP contribution in [0.1, 0.15) is 28.4 Å². The number of carbonyl (C=O) groups is 1. The molecule has 0 bridgehead atoms. The molecule has 2 aromatic carbocycles. The molecule has 1 atom stereocenters. The molecule has 108 valence electrons. The Labute approximate surface area is 121 Å². The first-order valence-corrected chi connectivity index (χ1v) is 6.49. The quantitative estimate of drug-likeness (QED) is 0.887. The molecule has 1 aliphatic heterocycles. The summed E-state index contributed by atoms with van der Waals surface area (Å²) < 4.78 is 10.8. The molecule has 0 aliphatic carbocycles. The summed E-state index contributed by atoms with van der Waals surface area (Å²) in [6.07, 6.45) is -0.345. The fraction of sp³-hybridized carbons (Fsp3) is 0.188. The second-order valence-corrected chi connectivity index (χ2v) is 4.80. The Bertz CT molecular complexity index is 694. The van der Waals surface area contributed by atoms with Crippen LogP contribution in [0.3, 0.4) is 0 Å². The summed E-state index contributed by atoms with van der Waals surface area (Å²) in [6, 6.07) is 10.4. The molecule has 1 unspecified atom stereocenters. The Morgan fingerprint density at radius 2 is 1.90 bits per heavy atom. The summed E-state index contributed by atoms with van der Waals surface area (Å²) >= 11 is 0. The van der Waals surface area contributed by atoms with Crippen molar-refractivity contribution in [3.05, 3.63) is 47.5 Å². The Morgan fingerprint density at radius 3 is 2.57 bits per heavy atom. The number of carbonyl (C=O) groups excluding carboxylic acids is 1. The van der Waals surface area contributed by atoms with Crippen LogP contribution in [0.15, 0.2) is 36.4 Å². The Kier molecular flexibility index (Phi) is 3.17. The van der Waals surface area contributed by atoms with E-state index in [2.05, 4.69) is 0 Å². The third kappa shape index (κ3) is 2.16. The molecule has 2 N–H and O–H groups in total. The number of fused-ring (bicyclic) bond motifs is 1. The lowest BCUT2D eigenvalue weighted by Gasteiger charge is -2.27. The van der Waals surface area contributed by atoms with Crippen LogP contribution in [0.2, 0.25) is 0 Å². The van der Waals surface area contributed by atoms with Gasteiger partial charge < -0.3 is 19.7 Å². The highest BCUT2D eigenvalue weighted by Gasteiger charge is 2.34. The van der Waals surface area contributed by atoms with Crippen molar-refractivity contribution in [1.82, 2.24) is 0 Å². The van der Waals surface area contributed by atoms with Crippen LogP contribution in [-0.2, 0) is 0 Å². The van der Waals surface area contributed by atoms with Gasteiger partial charge in [-0.15, -0.1) is 0 Å². The zero-order valence-corrected chi connectivity index (χ0v) is 11.4. The highest BCUT2D eigenvalue weighted by atomic mass is 16.5. The van der Waals surface area contributed by atoms with Crippen molar-refractivity contribution in [2.45, 2.75) is 12.5 Å². The number of phenolic OH excluding ortho intramolecular Hbond substituents is 2. The van der Waals surface area contributed by atoms with Crippen molar-refractivity contribution < 1.29 is 24.5 Å². The number of ketones is 1. The van der Waals surface area contributed by atoms with Crippen molar-refractivity contribution in [1.29, 1.82) is 0 Å². The molecule has 5 nitrogen and oxygen atoms in total. The van der Waals surface area contributed by atoms with Crippen molar-refractivity contribution in [2.75, 3.05) is 7.11 Å². The highest BCUT2D eigenvalue weighted by molar-refractivity contribution is 6.04. The first-order valence-electron chi connectivity index (χ1n) is 6.49. The van der Waals surface area contributed by atoms with Gasteiger partial charge in [0.2, 0.25) is 0 Å². The molecule has 3 rings (SSSR count). The fourth-order valence-corrected chi connectivity index (χ4v) is 2.51. The van der Waals surface area contributed by atoms with E-state index in [1.165, 1.54) is 7.11 Å². The highest BCUT2D eigenvalue weighted by Crippen LogP contribution is 2.48. The Morgan fingerprint density at radius 1 is 1.19 bits per heavy atom. The molecule has 0 saturated carbocycles. The monoisotopic (exact) mass is 286 g/mol. The van der Waals surface area contributed by atoms with E-state index in [9.17, 15) is 15.0 Å². The van der Waals surface area contributed by atoms with E-state index in [1.54, 1.807) is 0 Å². The van der Waals surface area contributed by atoms with Crippen LogP contribution in [0.25, 0.3) is 0 Å². The Balaban J connectivity index is 2.09. The molecule has 0 aromatic heterocycles. The molecule has 1 heterocycles. The van der Waals surface area contributed by atoms with E-state index in [0.717, 1.165) is 11.6 Å². The minimum Gasteiger partial charge on any atom is -0.504 e. The van der Waals surface area contributed by atoms with Gasteiger partial charge >= 0.3 is 0 Å². The minimum atomic E-state index is -0.466. The van der Waals surface area contributed by atoms with Gasteiger partial charge in [-0.25, -0.2) is 0 Å². The molecule has 1 aliphatic rings. The van der Waals surface area contributed by atoms with Crippen LogP contribution in [0.5, 0.6) is 23.0 Å². The van der Waals surface area contributed by atoms with Gasteiger partial charge in [0.25, 0.3) is 0 Å². The van der Waals surface area contributed by atoms with E-state index in [1.807, 2.05) is 30.3 Å². The normalized spacial score (nSPS) is 17.0. The van der Waals surface area contributed by atoms with Crippen molar-refractivity contribution >= 4 is 5.78 Å². The van der Waals surface area contributed by atoms with Gasteiger partial charge in [0.05, 0.1) is 13.5 Å². The number of phenols is 2. The van der Waals surface area contributed by atoms with Gasteiger partial charge in [-0.2, -0.15) is 0 Å². The van der Waals surface area contributed by atoms with Gasteiger partial charge in [0.1, 0.15) is 11.7 Å². The SMILES string of the molecule is COc1c(O)cc(O)c2c1C(=O)CC(c1ccccc1)O2. The molecule has 21 heavy (non-hydrogen) atoms. The number of aromatic hydroxyl groups is 2. The largest absolute Gasteiger partial charge is 0.504 e. The lowest BCUT2D eigenvalue weighted by atomic mass is 9.95. The maximum Gasteiger partial charge on any atom is 0.176 e. The molecular weight excluding hydrogens is 272 g/mol. The summed E-state index contributed by atoms with van der Waals surface area (Å²) in [5.74, 6) is -0.733. The molecule has 2 aromatic rings. The first kappa shape index (κ1) is 13.3. The Hall–Kier alpha value is -2.69. The molecule has 0 fully saturated rings. The van der Waals surface area contributed by atoms with Crippen LogP contribution >= 0.6 is 0 Å². The molecule has 0 spiro atoms. The third-order valence-electron chi connectivity index (χ3n) is 3.48. The molecule has 5 heteroatoms. The predicted octanol–water partition coefficient (Wildman–Crippen LogP) is 2.81. The number of ether oxygens (including phenoxy) is 2. The number of hydrogen-bond donors (Lipinski definition) is 2. The third-order valence-corrected chi connectivity index (χ3v) is 3.48. The lowest BCUT2D eigenvalue weighted by molar-refractivity contribution is 0.0835. The number of rotatable bonds is 2. The average Bonchev–Trinajstić information content (AvgIpc) is 2.49. The van der Waals surface area contributed by atoms with Gasteiger partial charge in [-0.1, -0.05) is 30.3 Å². The van der Waals surface area contributed by atoms with Crippen LogP contribution in [0.4, 0.5) is 0 Å². The molecule has 0 saturated heterocycles. The maximum atomic E-state index is 12.4. The summed E-state index contributed by atoms with van der Waals surface area (Å²) in [4.78, 5) is 12.4. The van der Waals surface area contributed by atoms with E-state index in [-0.39, 0.29) is 40.8 Å². The van der Waals surface area contributed by atoms with Crippen LogP contribution in [0, 0.1) is 0 Å². The molecular formula is C16H14O5. The van der Waals surface area contributed by atoms with Gasteiger partial charge in [-0.3, -0.25) is 4.79 Å². The zero-order chi connectivity index (χ0) is 15.0. The maximum absolute atomic E-state index is 12.4. The average molecular weight is 286 g/mol. The van der Waals surface area contributed by atoms with Crippen LogP contribution < -0.4 is 9.47 Å². The summed E-state index contributed by atoms with van der Waals surface area (Å²) in [5.41, 5.74) is 0.935. The number of hydrogen-bond acceptors (Lipinski definition) is 5. The standard InChI is InChI=1S/C16H14O5/c1-20-15-11(18)7-12(19)16-14(15)10(17)8-13(21-16)9-5-3-2-4-6-9/h2-7,13,18-19H,8H2,1H3.